The molecule has 4 aromatic rings. The van der Waals surface area contributed by atoms with Crippen molar-refractivity contribution >= 4 is 49.2 Å². The number of anilines is 1. The zero-order chi connectivity index (χ0) is 20.0. The molecule has 5 rings (SSSR count). The highest BCUT2D eigenvalue weighted by molar-refractivity contribution is 7.90. The van der Waals surface area contributed by atoms with Gasteiger partial charge in [0.2, 0.25) is 0 Å². The Morgan fingerprint density at radius 1 is 0.931 bits per heavy atom. The number of nitrogens with zero attached hydrogens (tertiary/aromatic N) is 3. The smallest absolute Gasteiger partial charge is 0.269 e. The van der Waals surface area contributed by atoms with E-state index >= 15 is 0 Å². The van der Waals surface area contributed by atoms with Gasteiger partial charge in [-0.1, -0.05) is 41.9 Å². The van der Waals surface area contributed by atoms with E-state index in [4.69, 9.17) is 16.6 Å². The molecule has 0 unspecified atom stereocenters. The van der Waals surface area contributed by atoms with Gasteiger partial charge in [-0.2, -0.15) is 0 Å². The average Bonchev–Trinajstić information content (AvgIpc) is 3.20. The van der Waals surface area contributed by atoms with E-state index < -0.39 is 10.0 Å². The minimum atomic E-state index is -3.87. The molecule has 0 amide bonds. The van der Waals surface area contributed by atoms with Crippen LogP contribution >= 0.6 is 11.6 Å². The molecule has 0 atom stereocenters. The van der Waals surface area contributed by atoms with Crippen LogP contribution in [0.1, 0.15) is 0 Å². The molecule has 0 bridgehead atoms. The predicted molar refractivity (Wildman–Crippen MR) is 116 cm³/mol. The van der Waals surface area contributed by atoms with Crippen molar-refractivity contribution in [3.63, 3.8) is 0 Å². The van der Waals surface area contributed by atoms with Crippen LogP contribution in [-0.2, 0) is 10.0 Å². The summed E-state index contributed by atoms with van der Waals surface area (Å²) in [6.07, 6.45) is 1.60. The summed E-state index contributed by atoms with van der Waals surface area (Å²) < 4.78 is 28.3. The van der Waals surface area contributed by atoms with Gasteiger partial charge >= 0.3 is 0 Å². The fourth-order valence-corrected chi connectivity index (χ4v) is 5.75. The Balaban J connectivity index is 1.82. The van der Waals surface area contributed by atoms with Crippen LogP contribution in [0.4, 0.5) is 5.82 Å². The Hall–Kier alpha value is -2.61. The lowest BCUT2D eigenvalue weighted by Crippen LogP contribution is -2.44. The van der Waals surface area contributed by atoms with E-state index in [1.807, 2.05) is 30.3 Å². The molecule has 6 nitrogen and oxygen atoms in total. The Labute approximate surface area is 173 Å². The van der Waals surface area contributed by atoms with Crippen LogP contribution < -0.4 is 10.2 Å². The molecule has 1 N–H and O–H groups in total. The van der Waals surface area contributed by atoms with E-state index in [9.17, 15) is 8.42 Å². The maximum absolute atomic E-state index is 13.5. The van der Waals surface area contributed by atoms with Crippen molar-refractivity contribution in [2.24, 2.45) is 0 Å². The van der Waals surface area contributed by atoms with Crippen molar-refractivity contribution in [1.29, 1.82) is 0 Å². The van der Waals surface area contributed by atoms with Gasteiger partial charge in [-0.3, -0.25) is 0 Å². The fraction of sp³-hybridized carbons (Fsp3) is 0.190. The molecular formula is C21H19ClN4O2S. The molecule has 0 aliphatic carbocycles. The number of benzene rings is 2. The first-order valence-corrected chi connectivity index (χ1v) is 11.2. The summed E-state index contributed by atoms with van der Waals surface area (Å²) in [5, 5.41) is 5.16. The zero-order valence-corrected chi connectivity index (χ0v) is 17.1. The second-order valence-corrected chi connectivity index (χ2v) is 9.19. The maximum Gasteiger partial charge on any atom is 0.269 e. The summed E-state index contributed by atoms with van der Waals surface area (Å²) in [5.41, 5.74) is 1.40. The highest BCUT2D eigenvalue weighted by Gasteiger charge is 2.25. The van der Waals surface area contributed by atoms with Crippen LogP contribution in [0.3, 0.4) is 0 Å². The Bertz CT molecular complexity index is 1330. The normalized spacial score (nSPS) is 15.3. The van der Waals surface area contributed by atoms with Gasteiger partial charge in [0, 0.05) is 43.1 Å². The molecular weight excluding hydrogens is 408 g/mol. The number of fused-ring (bicyclic) bond motifs is 3. The van der Waals surface area contributed by atoms with Gasteiger partial charge in [0.05, 0.1) is 16.1 Å². The van der Waals surface area contributed by atoms with Gasteiger partial charge in [-0.15, -0.1) is 0 Å². The number of piperazine rings is 1. The first-order chi connectivity index (χ1) is 14.1. The van der Waals surface area contributed by atoms with Crippen molar-refractivity contribution < 1.29 is 8.42 Å². The van der Waals surface area contributed by atoms with E-state index in [0.717, 1.165) is 48.3 Å². The van der Waals surface area contributed by atoms with E-state index in [0.29, 0.717) is 5.52 Å². The molecule has 2 aromatic heterocycles. The molecule has 1 aliphatic rings. The third-order valence-electron chi connectivity index (χ3n) is 5.27. The summed E-state index contributed by atoms with van der Waals surface area (Å²) in [6.45, 7) is 3.38. The second-order valence-electron chi connectivity index (χ2n) is 7.00. The number of para-hydroxylation sites is 1. The lowest BCUT2D eigenvalue weighted by molar-refractivity contribution is 0.586. The molecule has 148 valence electrons. The lowest BCUT2D eigenvalue weighted by atomic mass is 10.1. The number of hydrogen-bond donors (Lipinski definition) is 1. The van der Waals surface area contributed by atoms with Crippen molar-refractivity contribution in [1.82, 2.24) is 14.3 Å². The monoisotopic (exact) mass is 426 g/mol. The molecule has 8 heteroatoms. The number of rotatable bonds is 3. The summed E-state index contributed by atoms with van der Waals surface area (Å²) in [4.78, 5) is 7.17. The molecule has 29 heavy (non-hydrogen) atoms. The molecule has 1 fully saturated rings. The minimum Gasteiger partial charge on any atom is -0.353 e. The first-order valence-electron chi connectivity index (χ1n) is 9.43. The average molecular weight is 427 g/mol. The summed E-state index contributed by atoms with van der Waals surface area (Å²) in [5.74, 6) is 0.813. The minimum absolute atomic E-state index is 0.0868. The maximum atomic E-state index is 13.5. The first kappa shape index (κ1) is 18.4. The standard InChI is InChI=1S/C21H19ClN4O2S/c22-17-6-2-4-8-19(17)29(27,28)26-12-9-16-20(26)15-5-1-3-7-18(15)24-21(16)25-13-10-23-11-14-25/h1-9,12,23H,10-11,13-14H2. The summed E-state index contributed by atoms with van der Waals surface area (Å²) >= 11 is 6.23. The second kappa shape index (κ2) is 7.02. The van der Waals surface area contributed by atoms with Gasteiger partial charge in [0.25, 0.3) is 10.0 Å². The van der Waals surface area contributed by atoms with E-state index in [2.05, 4.69) is 10.2 Å². The third kappa shape index (κ3) is 2.97. The van der Waals surface area contributed by atoms with Gasteiger partial charge in [0.1, 0.15) is 10.7 Å². The van der Waals surface area contributed by atoms with Gasteiger partial charge in [0.15, 0.2) is 0 Å². The van der Waals surface area contributed by atoms with Crippen LogP contribution in [0.5, 0.6) is 0 Å². The SMILES string of the molecule is O=S(=O)(c1ccccc1Cl)n1ccc2c(N3CCNCC3)nc3ccccc3c21. The molecule has 2 aromatic carbocycles. The molecule has 0 spiro atoms. The highest BCUT2D eigenvalue weighted by Crippen LogP contribution is 2.35. The van der Waals surface area contributed by atoms with Crippen LogP contribution in [0, 0.1) is 0 Å². The van der Waals surface area contributed by atoms with Crippen molar-refractivity contribution in [2.75, 3.05) is 31.1 Å². The zero-order valence-electron chi connectivity index (χ0n) is 15.5. The fourth-order valence-electron chi connectivity index (χ4n) is 3.88. The molecule has 1 saturated heterocycles. The van der Waals surface area contributed by atoms with Crippen LogP contribution in [-0.4, -0.2) is 43.6 Å². The van der Waals surface area contributed by atoms with Crippen molar-refractivity contribution in [3.8, 4) is 0 Å². The largest absolute Gasteiger partial charge is 0.353 e. The molecule has 0 saturated carbocycles. The highest BCUT2D eigenvalue weighted by atomic mass is 35.5. The quantitative estimate of drug-likeness (QED) is 0.543. The van der Waals surface area contributed by atoms with E-state index in [1.165, 1.54) is 10.0 Å². The number of hydrogen-bond acceptors (Lipinski definition) is 5. The van der Waals surface area contributed by atoms with Gasteiger partial charge in [-0.25, -0.2) is 17.4 Å². The predicted octanol–water partition coefficient (Wildman–Crippen LogP) is 3.49. The summed E-state index contributed by atoms with van der Waals surface area (Å²) in [7, 11) is -3.87. The molecule has 0 radical (unpaired) electrons. The topological polar surface area (TPSA) is 67.2 Å². The third-order valence-corrected chi connectivity index (χ3v) is 7.44. The van der Waals surface area contributed by atoms with E-state index in [1.54, 1.807) is 24.4 Å². The van der Waals surface area contributed by atoms with Crippen molar-refractivity contribution in [2.45, 2.75) is 4.90 Å². The molecule has 1 aliphatic heterocycles. The van der Waals surface area contributed by atoms with Crippen LogP contribution in [0.25, 0.3) is 21.8 Å². The molecule has 3 heterocycles. The number of pyridine rings is 1. The van der Waals surface area contributed by atoms with Gasteiger partial charge < -0.3 is 10.2 Å². The van der Waals surface area contributed by atoms with Crippen LogP contribution in [0.2, 0.25) is 5.02 Å². The van der Waals surface area contributed by atoms with E-state index in [-0.39, 0.29) is 9.92 Å². The lowest BCUT2D eigenvalue weighted by Gasteiger charge is -2.29. The Morgan fingerprint density at radius 3 is 2.45 bits per heavy atom. The number of nitrogens with one attached hydrogen (secondary N) is 1. The van der Waals surface area contributed by atoms with Gasteiger partial charge in [-0.05, 0) is 24.3 Å². The van der Waals surface area contributed by atoms with Crippen molar-refractivity contribution in [3.05, 3.63) is 65.8 Å². The Morgan fingerprint density at radius 2 is 1.66 bits per heavy atom. The summed E-state index contributed by atoms with van der Waals surface area (Å²) in [6, 6.07) is 16.0. The number of aromatic nitrogens is 2. The Kier molecular flexibility index (Phi) is 4.46. The number of halogens is 1. The van der Waals surface area contributed by atoms with Crippen LogP contribution in [0.15, 0.2) is 65.7 Å².